The Bertz CT molecular complexity index is 1130. The standard InChI is InChI=1S/C28H33N3O4S/c1-21-14-16-36-26(21)19-30(17-22-7-4-3-5-8-22)27(32)20-31(18-25-9-6-15-35-25)28(33)29-23-10-12-24(34-2)13-11-23/h3-5,7-8,10-14,16,25H,6,9,15,17-20H2,1-2H3,(H,29,33). The first-order valence-electron chi connectivity index (χ1n) is 12.2. The molecule has 1 saturated heterocycles. The van der Waals surface area contributed by atoms with Crippen LogP contribution in [0.25, 0.3) is 0 Å². The van der Waals surface area contributed by atoms with E-state index in [2.05, 4.69) is 18.3 Å². The molecule has 0 spiro atoms. The first kappa shape index (κ1) is 25.7. The van der Waals surface area contributed by atoms with Crippen molar-refractivity contribution in [3.05, 3.63) is 82.0 Å². The van der Waals surface area contributed by atoms with E-state index in [1.54, 1.807) is 47.6 Å². The zero-order valence-corrected chi connectivity index (χ0v) is 21.6. The summed E-state index contributed by atoms with van der Waals surface area (Å²) < 4.78 is 11.0. The van der Waals surface area contributed by atoms with Crippen molar-refractivity contribution in [1.29, 1.82) is 0 Å². The van der Waals surface area contributed by atoms with Crippen molar-refractivity contribution in [2.24, 2.45) is 0 Å². The Balaban J connectivity index is 1.50. The van der Waals surface area contributed by atoms with Crippen LogP contribution in [0.5, 0.6) is 5.75 Å². The van der Waals surface area contributed by atoms with Gasteiger partial charge in [0.15, 0.2) is 0 Å². The third-order valence-corrected chi connectivity index (χ3v) is 7.28. The van der Waals surface area contributed by atoms with Crippen molar-refractivity contribution in [2.45, 2.75) is 39.0 Å². The van der Waals surface area contributed by atoms with Gasteiger partial charge >= 0.3 is 6.03 Å². The molecule has 7 nitrogen and oxygen atoms in total. The van der Waals surface area contributed by atoms with Gasteiger partial charge in [0.2, 0.25) is 5.91 Å². The molecule has 1 atom stereocenters. The molecule has 2 aromatic carbocycles. The number of hydrogen-bond donors (Lipinski definition) is 1. The Morgan fingerprint density at radius 1 is 1.06 bits per heavy atom. The summed E-state index contributed by atoms with van der Waals surface area (Å²) in [6, 6.07) is 18.8. The second kappa shape index (κ2) is 12.6. The molecule has 0 saturated carbocycles. The Morgan fingerprint density at radius 3 is 2.47 bits per heavy atom. The number of carbonyl (C=O) groups excluding carboxylic acids is 2. The van der Waals surface area contributed by atoms with Crippen molar-refractivity contribution in [1.82, 2.24) is 9.80 Å². The van der Waals surface area contributed by atoms with E-state index in [-0.39, 0.29) is 24.6 Å². The molecule has 0 bridgehead atoms. The molecule has 8 heteroatoms. The van der Waals surface area contributed by atoms with Crippen molar-refractivity contribution < 1.29 is 19.1 Å². The van der Waals surface area contributed by atoms with Gasteiger partial charge in [0.25, 0.3) is 0 Å². The molecule has 2 heterocycles. The minimum atomic E-state index is -0.323. The summed E-state index contributed by atoms with van der Waals surface area (Å²) in [5.41, 5.74) is 2.86. The third kappa shape index (κ3) is 7.08. The lowest BCUT2D eigenvalue weighted by atomic mass is 10.2. The SMILES string of the molecule is COc1ccc(NC(=O)N(CC(=O)N(Cc2ccccc2)Cc2sccc2C)CC2CCCO2)cc1. The molecule has 1 aliphatic heterocycles. The van der Waals surface area contributed by atoms with Crippen LogP contribution in [0.2, 0.25) is 0 Å². The van der Waals surface area contributed by atoms with Crippen LogP contribution in [0.15, 0.2) is 66.0 Å². The van der Waals surface area contributed by atoms with Crippen LogP contribution >= 0.6 is 11.3 Å². The van der Waals surface area contributed by atoms with Gasteiger partial charge in [-0.15, -0.1) is 11.3 Å². The highest BCUT2D eigenvalue weighted by molar-refractivity contribution is 7.10. The number of nitrogens with zero attached hydrogens (tertiary/aromatic N) is 2. The van der Waals surface area contributed by atoms with E-state index in [1.807, 2.05) is 40.6 Å². The molecule has 0 radical (unpaired) electrons. The van der Waals surface area contributed by atoms with Gasteiger partial charge in [-0.3, -0.25) is 4.79 Å². The molecule has 1 unspecified atom stereocenters. The van der Waals surface area contributed by atoms with Gasteiger partial charge in [-0.2, -0.15) is 0 Å². The predicted molar refractivity (Wildman–Crippen MR) is 142 cm³/mol. The molecule has 1 aromatic heterocycles. The molecular formula is C28H33N3O4S. The van der Waals surface area contributed by atoms with E-state index in [9.17, 15) is 9.59 Å². The van der Waals surface area contributed by atoms with Gasteiger partial charge in [0, 0.05) is 30.3 Å². The number of thiophene rings is 1. The van der Waals surface area contributed by atoms with Crippen LogP contribution in [0.3, 0.4) is 0 Å². The topological polar surface area (TPSA) is 71.1 Å². The fourth-order valence-corrected chi connectivity index (χ4v) is 5.09. The second-order valence-corrected chi connectivity index (χ2v) is 9.94. The summed E-state index contributed by atoms with van der Waals surface area (Å²) in [5, 5.41) is 4.97. The fourth-order valence-electron chi connectivity index (χ4n) is 4.17. The maximum Gasteiger partial charge on any atom is 0.322 e. The van der Waals surface area contributed by atoms with Gasteiger partial charge in [-0.25, -0.2) is 4.79 Å². The number of rotatable bonds is 10. The molecule has 190 valence electrons. The quantitative estimate of drug-likeness (QED) is 0.404. The third-order valence-electron chi connectivity index (χ3n) is 6.27. The lowest BCUT2D eigenvalue weighted by molar-refractivity contribution is -0.133. The van der Waals surface area contributed by atoms with E-state index < -0.39 is 0 Å². The minimum absolute atomic E-state index is 0.0287. The highest BCUT2D eigenvalue weighted by Crippen LogP contribution is 2.21. The van der Waals surface area contributed by atoms with Crippen molar-refractivity contribution in [3.8, 4) is 5.75 Å². The number of ether oxygens (including phenoxy) is 2. The zero-order chi connectivity index (χ0) is 25.3. The van der Waals surface area contributed by atoms with Crippen LogP contribution in [-0.4, -0.2) is 54.6 Å². The smallest absolute Gasteiger partial charge is 0.322 e. The highest BCUT2D eigenvalue weighted by Gasteiger charge is 2.27. The predicted octanol–water partition coefficient (Wildman–Crippen LogP) is 5.31. The molecular weight excluding hydrogens is 474 g/mol. The zero-order valence-electron chi connectivity index (χ0n) is 20.8. The van der Waals surface area contributed by atoms with Crippen molar-refractivity contribution >= 4 is 29.0 Å². The molecule has 1 fully saturated rings. The molecule has 3 aromatic rings. The molecule has 0 aliphatic carbocycles. The number of benzene rings is 2. The van der Waals surface area contributed by atoms with E-state index >= 15 is 0 Å². The molecule has 3 amide bonds. The largest absolute Gasteiger partial charge is 0.497 e. The van der Waals surface area contributed by atoms with E-state index in [4.69, 9.17) is 9.47 Å². The van der Waals surface area contributed by atoms with Gasteiger partial charge in [-0.05, 0) is 66.6 Å². The number of aryl methyl sites for hydroxylation is 1. The second-order valence-electron chi connectivity index (χ2n) is 8.94. The van der Waals surface area contributed by atoms with Crippen molar-refractivity contribution in [3.63, 3.8) is 0 Å². The summed E-state index contributed by atoms with van der Waals surface area (Å²) >= 11 is 1.64. The monoisotopic (exact) mass is 507 g/mol. The van der Waals surface area contributed by atoms with Crippen LogP contribution in [0, 0.1) is 6.92 Å². The molecule has 1 aliphatic rings. The number of anilines is 1. The van der Waals surface area contributed by atoms with E-state index in [1.165, 1.54) is 5.56 Å². The average Bonchev–Trinajstić information content (AvgIpc) is 3.56. The lowest BCUT2D eigenvalue weighted by Crippen LogP contribution is -2.46. The number of hydrogen-bond acceptors (Lipinski definition) is 5. The van der Waals surface area contributed by atoms with Crippen LogP contribution < -0.4 is 10.1 Å². The maximum atomic E-state index is 13.7. The number of methoxy groups -OCH3 is 1. The van der Waals surface area contributed by atoms with E-state index in [0.717, 1.165) is 23.3 Å². The Morgan fingerprint density at radius 2 is 1.83 bits per heavy atom. The number of amides is 3. The molecule has 1 N–H and O–H groups in total. The van der Waals surface area contributed by atoms with Crippen LogP contribution in [-0.2, 0) is 22.6 Å². The summed E-state index contributed by atoms with van der Waals surface area (Å²) in [7, 11) is 1.60. The van der Waals surface area contributed by atoms with E-state index in [0.29, 0.717) is 37.7 Å². The number of nitrogens with one attached hydrogen (secondary N) is 1. The summed E-state index contributed by atoms with van der Waals surface area (Å²) in [6.07, 6.45) is 1.77. The van der Waals surface area contributed by atoms with Gasteiger partial charge in [-0.1, -0.05) is 30.3 Å². The van der Waals surface area contributed by atoms with Crippen molar-refractivity contribution in [2.75, 3.05) is 32.1 Å². The fraction of sp³-hybridized carbons (Fsp3) is 0.357. The van der Waals surface area contributed by atoms with Crippen LogP contribution in [0.1, 0.15) is 28.8 Å². The number of urea groups is 1. The first-order chi connectivity index (χ1) is 17.5. The molecule has 36 heavy (non-hydrogen) atoms. The van der Waals surface area contributed by atoms with Gasteiger partial charge < -0.3 is 24.6 Å². The van der Waals surface area contributed by atoms with Gasteiger partial charge in [0.1, 0.15) is 12.3 Å². The van der Waals surface area contributed by atoms with Crippen LogP contribution in [0.4, 0.5) is 10.5 Å². The number of carbonyl (C=O) groups is 2. The summed E-state index contributed by atoms with van der Waals surface area (Å²) in [4.78, 5) is 31.5. The Labute approximate surface area is 216 Å². The summed E-state index contributed by atoms with van der Waals surface area (Å²) in [5.74, 6) is 0.606. The average molecular weight is 508 g/mol. The Hall–Kier alpha value is -3.36. The first-order valence-corrected chi connectivity index (χ1v) is 13.1. The highest BCUT2D eigenvalue weighted by atomic mass is 32.1. The summed E-state index contributed by atoms with van der Waals surface area (Å²) in [6.45, 7) is 4.06. The maximum absolute atomic E-state index is 13.7. The normalized spacial score (nSPS) is 14.9. The molecule has 4 rings (SSSR count). The minimum Gasteiger partial charge on any atom is -0.497 e. The Kier molecular flexibility index (Phi) is 8.97. The van der Waals surface area contributed by atoms with Gasteiger partial charge in [0.05, 0.1) is 19.8 Å². The lowest BCUT2D eigenvalue weighted by Gasteiger charge is -2.29.